The number of carbonyl (C=O) groups excluding carboxylic acids is 3. The topological polar surface area (TPSA) is 91.7 Å². The van der Waals surface area contributed by atoms with Gasteiger partial charge in [-0.2, -0.15) is 0 Å². The summed E-state index contributed by atoms with van der Waals surface area (Å²) in [5, 5.41) is 5.80. The lowest BCUT2D eigenvalue weighted by atomic mass is 9.92. The first-order chi connectivity index (χ1) is 12.3. The standard InChI is InChI=1S/C17H15Cl2N3O4/c1-17(10-4-5-12(18)13(19)7-10)15(24)22(16(25)21-17)9-14(23)20-8-11-3-2-6-26-11/h2-7H,8-9H2,1H3,(H,20,23)(H,21,25)/t17-/m0/s1. The Morgan fingerprint density at radius 3 is 2.69 bits per heavy atom. The second-order valence-electron chi connectivity index (χ2n) is 5.93. The molecule has 7 nitrogen and oxygen atoms in total. The predicted octanol–water partition coefficient (Wildman–Crippen LogP) is 2.67. The largest absolute Gasteiger partial charge is 0.467 e. The van der Waals surface area contributed by atoms with E-state index in [1.54, 1.807) is 31.2 Å². The van der Waals surface area contributed by atoms with E-state index in [1.165, 1.54) is 12.3 Å². The van der Waals surface area contributed by atoms with Crippen molar-refractivity contribution in [3.63, 3.8) is 0 Å². The molecular weight excluding hydrogens is 381 g/mol. The summed E-state index contributed by atoms with van der Waals surface area (Å²) in [4.78, 5) is 37.9. The molecular formula is C17H15Cl2N3O4. The molecule has 9 heteroatoms. The third-order valence-electron chi connectivity index (χ3n) is 4.11. The highest BCUT2D eigenvalue weighted by molar-refractivity contribution is 6.42. The fourth-order valence-electron chi connectivity index (χ4n) is 2.64. The molecule has 1 aromatic carbocycles. The van der Waals surface area contributed by atoms with Crippen LogP contribution < -0.4 is 10.6 Å². The maximum atomic E-state index is 12.8. The highest BCUT2D eigenvalue weighted by Crippen LogP contribution is 2.32. The van der Waals surface area contributed by atoms with Crippen molar-refractivity contribution in [2.45, 2.75) is 19.0 Å². The summed E-state index contributed by atoms with van der Waals surface area (Å²) in [6, 6.07) is 7.41. The smallest absolute Gasteiger partial charge is 0.325 e. The molecule has 2 heterocycles. The molecule has 0 unspecified atom stereocenters. The van der Waals surface area contributed by atoms with Crippen molar-refractivity contribution >= 4 is 41.0 Å². The van der Waals surface area contributed by atoms with Crippen LogP contribution in [0.4, 0.5) is 4.79 Å². The quantitative estimate of drug-likeness (QED) is 0.761. The number of nitrogens with one attached hydrogen (secondary N) is 2. The molecule has 3 rings (SSSR count). The molecule has 1 aromatic heterocycles. The Balaban J connectivity index is 1.71. The Bertz CT molecular complexity index is 869. The lowest BCUT2D eigenvalue weighted by molar-refractivity contribution is -0.134. The van der Waals surface area contributed by atoms with E-state index in [2.05, 4.69) is 10.6 Å². The third kappa shape index (κ3) is 3.40. The highest BCUT2D eigenvalue weighted by atomic mass is 35.5. The first-order valence-corrected chi connectivity index (χ1v) is 8.45. The summed E-state index contributed by atoms with van der Waals surface area (Å²) in [7, 11) is 0. The van der Waals surface area contributed by atoms with Crippen molar-refractivity contribution in [2.75, 3.05) is 6.54 Å². The van der Waals surface area contributed by atoms with Crippen LogP contribution in [0.15, 0.2) is 41.0 Å². The number of hydrogen-bond donors (Lipinski definition) is 2. The van der Waals surface area contributed by atoms with E-state index in [0.29, 0.717) is 16.3 Å². The van der Waals surface area contributed by atoms with Crippen LogP contribution >= 0.6 is 23.2 Å². The van der Waals surface area contributed by atoms with Gasteiger partial charge in [-0.25, -0.2) is 4.79 Å². The molecule has 4 amide bonds. The van der Waals surface area contributed by atoms with Crippen LogP contribution in [0.3, 0.4) is 0 Å². The molecule has 1 saturated heterocycles. The van der Waals surface area contributed by atoms with Crippen molar-refractivity contribution in [3.8, 4) is 0 Å². The van der Waals surface area contributed by atoms with Crippen molar-refractivity contribution < 1.29 is 18.8 Å². The Labute approximate surface area is 159 Å². The molecule has 0 aliphatic carbocycles. The van der Waals surface area contributed by atoms with Crippen molar-refractivity contribution in [3.05, 3.63) is 58.0 Å². The Morgan fingerprint density at radius 1 is 1.27 bits per heavy atom. The van der Waals surface area contributed by atoms with Gasteiger partial charge in [-0.05, 0) is 36.8 Å². The first-order valence-electron chi connectivity index (χ1n) is 7.70. The second kappa shape index (κ2) is 7.01. The van der Waals surface area contributed by atoms with E-state index in [9.17, 15) is 14.4 Å². The number of urea groups is 1. The molecule has 136 valence electrons. The molecule has 1 aliphatic rings. The number of hydrogen-bond acceptors (Lipinski definition) is 4. The van der Waals surface area contributed by atoms with Crippen molar-refractivity contribution in [1.82, 2.24) is 15.5 Å². The number of benzene rings is 1. The minimum absolute atomic E-state index is 0.166. The maximum Gasteiger partial charge on any atom is 0.325 e. The zero-order chi connectivity index (χ0) is 18.9. The monoisotopic (exact) mass is 395 g/mol. The zero-order valence-corrected chi connectivity index (χ0v) is 15.2. The number of rotatable bonds is 5. The fraction of sp³-hybridized carbons (Fsp3) is 0.235. The predicted molar refractivity (Wildman–Crippen MR) is 94.6 cm³/mol. The van der Waals surface area contributed by atoms with Crippen molar-refractivity contribution in [1.29, 1.82) is 0 Å². The van der Waals surface area contributed by atoms with Gasteiger partial charge in [0, 0.05) is 0 Å². The van der Waals surface area contributed by atoms with Crippen LogP contribution in [-0.4, -0.2) is 29.3 Å². The highest BCUT2D eigenvalue weighted by Gasteiger charge is 2.49. The molecule has 1 atom stereocenters. The summed E-state index contributed by atoms with van der Waals surface area (Å²) in [5.41, 5.74) is -0.851. The molecule has 1 fully saturated rings. The second-order valence-corrected chi connectivity index (χ2v) is 6.75. The van der Waals surface area contributed by atoms with Gasteiger partial charge in [0.1, 0.15) is 17.8 Å². The van der Waals surface area contributed by atoms with Gasteiger partial charge in [-0.15, -0.1) is 0 Å². The lowest BCUT2D eigenvalue weighted by Gasteiger charge is -2.22. The molecule has 1 aliphatic heterocycles. The number of imide groups is 1. The lowest BCUT2D eigenvalue weighted by Crippen LogP contribution is -2.43. The fourth-order valence-corrected chi connectivity index (χ4v) is 2.94. The Morgan fingerprint density at radius 2 is 2.04 bits per heavy atom. The zero-order valence-electron chi connectivity index (χ0n) is 13.7. The molecule has 2 aromatic rings. The minimum Gasteiger partial charge on any atom is -0.467 e. The Hall–Kier alpha value is -2.51. The summed E-state index contributed by atoms with van der Waals surface area (Å²) in [5.74, 6) is -0.464. The number of amides is 4. The van der Waals surface area contributed by atoms with Gasteiger partial charge in [0.05, 0.1) is 22.9 Å². The van der Waals surface area contributed by atoms with Gasteiger partial charge >= 0.3 is 6.03 Å². The first kappa shape index (κ1) is 18.3. The molecule has 0 bridgehead atoms. The van der Waals surface area contributed by atoms with Crippen LogP contribution in [0, 0.1) is 0 Å². The van der Waals surface area contributed by atoms with Crippen LogP contribution in [0.5, 0.6) is 0 Å². The number of halogens is 2. The number of nitrogens with zero attached hydrogens (tertiary/aromatic N) is 1. The molecule has 2 N–H and O–H groups in total. The van der Waals surface area contributed by atoms with E-state index in [1.807, 2.05) is 0 Å². The number of furan rings is 1. The third-order valence-corrected chi connectivity index (χ3v) is 4.85. The van der Waals surface area contributed by atoms with Crippen LogP contribution in [0.1, 0.15) is 18.2 Å². The van der Waals surface area contributed by atoms with Gasteiger partial charge in [-0.3, -0.25) is 14.5 Å². The van der Waals surface area contributed by atoms with Crippen molar-refractivity contribution in [2.24, 2.45) is 0 Å². The minimum atomic E-state index is -1.33. The van der Waals surface area contributed by atoms with Crippen LogP contribution in [-0.2, 0) is 21.7 Å². The molecule has 0 radical (unpaired) electrons. The van der Waals surface area contributed by atoms with E-state index < -0.39 is 29.9 Å². The normalized spacial score (nSPS) is 19.6. The van der Waals surface area contributed by atoms with E-state index in [0.717, 1.165) is 4.90 Å². The van der Waals surface area contributed by atoms with E-state index in [-0.39, 0.29) is 11.6 Å². The molecule has 0 spiro atoms. The van der Waals surface area contributed by atoms with Gasteiger partial charge in [0.25, 0.3) is 5.91 Å². The van der Waals surface area contributed by atoms with Gasteiger partial charge in [0.2, 0.25) is 5.91 Å². The summed E-state index contributed by atoms with van der Waals surface area (Å²) in [6.45, 7) is 1.31. The number of carbonyl (C=O) groups is 3. The molecule has 0 saturated carbocycles. The summed E-state index contributed by atoms with van der Waals surface area (Å²) < 4.78 is 5.11. The van der Waals surface area contributed by atoms with E-state index in [4.69, 9.17) is 27.6 Å². The maximum absolute atomic E-state index is 12.8. The van der Waals surface area contributed by atoms with Crippen LogP contribution in [0.25, 0.3) is 0 Å². The van der Waals surface area contributed by atoms with Gasteiger partial charge < -0.3 is 15.1 Å². The van der Waals surface area contributed by atoms with Gasteiger partial charge in [-0.1, -0.05) is 29.3 Å². The SMILES string of the molecule is C[C@@]1(c2ccc(Cl)c(Cl)c2)NC(=O)N(CC(=O)NCc2ccco2)C1=O. The van der Waals surface area contributed by atoms with Gasteiger partial charge in [0.15, 0.2) is 0 Å². The average molecular weight is 396 g/mol. The molecule has 26 heavy (non-hydrogen) atoms. The summed E-state index contributed by atoms with van der Waals surface area (Å²) >= 11 is 11.9. The Kier molecular flexibility index (Phi) is 4.93. The average Bonchev–Trinajstić information content (AvgIpc) is 3.19. The van der Waals surface area contributed by atoms with E-state index >= 15 is 0 Å². The van der Waals surface area contributed by atoms with Crippen LogP contribution in [0.2, 0.25) is 10.0 Å². The summed E-state index contributed by atoms with van der Waals surface area (Å²) in [6.07, 6.45) is 1.49.